The van der Waals surface area contributed by atoms with Crippen molar-refractivity contribution in [3.05, 3.63) is 101 Å². The Kier molecular flexibility index (Phi) is 11.9. The van der Waals surface area contributed by atoms with Crippen molar-refractivity contribution in [1.82, 2.24) is 0 Å². The molecule has 0 fully saturated rings. The number of carbonyl (C=O) groups excluding carboxylic acids is 2. The molecule has 0 radical (unpaired) electrons. The quantitative estimate of drug-likeness (QED) is 0.153. The second-order valence-electron chi connectivity index (χ2n) is 12.0. The second-order valence-corrected chi connectivity index (χ2v) is 12.0. The fourth-order valence-corrected chi connectivity index (χ4v) is 6.12. The third kappa shape index (κ3) is 8.85. The van der Waals surface area contributed by atoms with Crippen LogP contribution in [0.25, 0.3) is 0 Å². The molecule has 0 saturated carbocycles. The van der Waals surface area contributed by atoms with Gasteiger partial charge in [-0.05, 0) is 122 Å². The molecule has 6 rings (SSSR count). The van der Waals surface area contributed by atoms with Crippen LogP contribution in [0.15, 0.2) is 72.8 Å². The standard InChI is InChI=1S/C19H21BO5.C18H19BO6/c1-4-23-18(21)11-17-19-13(3)9-15(10-16(19)20(22)25-17)24-14-7-5-6-12(2)8-14;1-3-23-17(21)10-16-18-11(2)7-14(9-15(18)19(22)25-16)24-13-6-4-5-12(20)8-13/h5-10,17,22H,4,11H2,1-3H3;4-9,16,20,22H,3,10H2,1-2H3. The largest absolute Gasteiger partial charge is 0.508 e. The van der Waals surface area contributed by atoms with Crippen molar-refractivity contribution in [2.75, 3.05) is 13.2 Å². The summed E-state index contributed by atoms with van der Waals surface area (Å²) in [4.78, 5) is 23.5. The van der Waals surface area contributed by atoms with Gasteiger partial charge < -0.3 is 43.4 Å². The van der Waals surface area contributed by atoms with E-state index >= 15 is 0 Å². The van der Waals surface area contributed by atoms with Gasteiger partial charge in [0.2, 0.25) is 0 Å². The van der Waals surface area contributed by atoms with E-state index in [2.05, 4.69) is 0 Å². The van der Waals surface area contributed by atoms with Crippen LogP contribution in [-0.4, -0.2) is 54.5 Å². The summed E-state index contributed by atoms with van der Waals surface area (Å²) in [5.41, 5.74) is 5.68. The molecule has 2 atom stereocenters. The van der Waals surface area contributed by atoms with E-state index < -0.39 is 26.4 Å². The smallest absolute Gasteiger partial charge is 0.492 e. The van der Waals surface area contributed by atoms with Gasteiger partial charge in [-0.1, -0.05) is 18.2 Å². The Morgan fingerprint density at radius 3 is 1.56 bits per heavy atom. The summed E-state index contributed by atoms with van der Waals surface area (Å²) in [7, 11) is -2.20. The lowest BCUT2D eigenvalue weighted by molar-refractivity contribution is -0.146. The average Bonchev–Trinajstić information content (AvgIpc) is 3.52. The Morgan fingerprint density at radius 1 is 0.660 bits per heavy atom. The van der Waals surface area contributed by atoms with Gasteiger partial charge in [-0.3, -0.25) is 9.59 Å². The molecule has 0 amide bonds. The normalized spacial score (nSPS) is 15.8. The lowest BCUT2D eigenvalue weighted by atomic mass is 9.77. The molecule has 3 N–H and O–H groups in total. The highest BCUT2D eigenvalue weighted by atomic mass is 16.6. The number of hydrogen-bond acceptors (Lipinski definition) is 11. The van der Waals surface area contributed by atoms with E-state index in [-0.39, 0.29) is 30.5 Å². The number of phenols is 1. The molecule has 0 saturated heterocycles. The van der Waals surface area contributed by atoms with Crippen LogP contribution in [0.4, 0.5) is 0 Å². The summed E-state index contributed by atoms with van der Waals surface area (Å²) in [6.45, 7) is 9.91. The molecule has 4 aromatic carbocycles. The summed E-state index contributed by atoms with van der Waals surface area (Å²) in [5.74, 6) is 1.75. The van der Waals surface area contributed by atoms with E-state index in [0.717, 1.165) is 33.6 Å². The predicted molar refractivity (Wildman–Crippen MR) is 187 cm³/mol. The van der Waals surface area contributed by atoms with Crippen LogP contribution < -0.4 is 20.4 Å². The van der Waals surface area contributed by atoms with Gasteiger partial charge in [-0.2, -0.15) is 0 Å². The molecule has 0 bridgehead atoms. The highest BCUT2D eigenvalue weighted by molar-refractivity contribution is 6.62. The first-order valence-corrected chi connectivity index (χ1v) is 16.4. The lowest BCUT2D eigenvalue weighted by Crippen LogP contribution is -2.28. The van der Waals surface area contributed by atoms with Crippen LogP contribution in [0.1, 0.15) is 66.7 Å². The number of aromatic hydroxyl groups is 1. The number of rotatable bonds is 10. The van der Waals surface area contributed by atoms with Crippen LogP contribution in [-0.2, 0) is 28.4 Å². The number of phenolic OH excluding ortho intramolecular Hbond substituents is 1. The predicted octanol–water partition coefficient (Wildman–Crippen LogP) is 5.01. The number of ether oxygens (including phenoxy) is 4. The summed E-state index contributed by atoms with van der Waals surface area (Å²) < 4.78 is 32.7. The maximum absolute atomic E-state index is 11.8. The van der Waals surface area contributed by atoms with E-state index in [9.17, 15) is 24.7 Å². The monoisotopic (exact) mass is 682 g/mol. The maximum atomic E-state index is 11.8. The molecule has 11 nitrogen and oxygen atoms in total. The Bertz CT molecular complexity index is 1710. The number of aryl methyl sites for hydroxylation is 3. The van der Waals surface area contributed by atoms with Gasteiger partial charge in [-0.25, -0.2) is 0 Å². The first-order chi connectivity index (χ1) is 23.9. The van der Waals surface area contributed by atoms with Gasteiger partial charge in [-0.15, -0.1) is 0 Å². The zero-order valence-electron chi connectivity index (χ0n) is 28.7. The second kappa shape index (κ2) is 16.3. The van der Waals surface area contributed by atoms with E-state index in [1.54, 1.807) is 44.2 Å². The van der Waals surface area contributed by atoms with Crippen molar-refractivity contribution in [2.24, 2.45) is 0 Å². The molecule has 0 spiro atoms. The third-order valence-electron chi connectivity index (χ3n) is 8.14. The number of hydrogen-bond donors (Lipinski definition) is 3. The molecule has 0 aromatic heterocycles. The molecule has 260 valence electrons. The minimum atomic E-state index is -1.12. The molecule has 4 aromatic rings. The highest BCUT2D eigenvalue weighted by Gasteiger charge is 2.39. The van der Waals surface area contributed by atoms with Crippen molar-refractivity contribution in [2.45, 2.75) is 59.7 Å². The van der Waals surface area contributed by atoms with E-state index in [1.165, 1.54) is 6.07 Å². The van der Waals surface area contributed by atoms with Gasteiger partial charge >= 0.3 is 26.2 Å². The Balaban J connectivity index is 0.000000194. The van der Waals surface area contributed by atoms with E-state index in [1.807, 2.05) is 57.2 Å². The SMILES string of the molecule is CCOC(=O)CC1OB(O)c2cc(Oc3cccc(C)c3)cc(C)c21.CCOC(=O)CC1OB(O)c2cc(Oc3cccc(O)c3)cc(C)c21. The van der Waals surface area contributed by atoms with Crippen molar-refractivity contribution >= 4 is 37.1 Å². The van der Waals surface area contributed by atoms with Gasteiger partial charge in [0.1, 0.15) is 28.7 Å². The molecular formula is C37H40B2O11. The number of fused-ring (bicyclic) bond motifs is 2. The minimum Gasteiger partial charge on any atom is -0.508 e. The zero-order chi connectivity index (χ0) is 35.9. The molecule has 2 unspecified atom stereocenters. The first kappa shape index (κ1) is 36.5. The van der Waals surface area contributed by atoms with Gasteiger partial charge in [0, 0.05) is 6.07 Å². The van der Waals surface area contributed by atoms with Gasteiger partial charge in [0.15, 0.2) is 0 Å². The van der Waals surface area contributed by atoms with Crippen molar-refractivity contribution in [3.63, 3.8) is 0 Å². The molecule has 13 heteroatoms. The number of benzene rings is 4. The fraction of sp³-hybridized carbons (Fsp3) is 0.297. The molecule has 50 heavy (non-hydrogen) atoms. The van der Waals surface area contributed by atoms with Crippen LogP contribution in [0.5, 0.6) is 28.7 Å². The topological polar surface area (TPSA) is 150 Å². The van der Waals surface area contributed by atoms with Crippen molar-refractivity contribution < 1.29 is 53.0 Å². The summed E-state index contributed by atoms with van der Waals surface area (Å²) in [6.07, 6.45) is -0.918. The highest BCUT2D eigenvalue weighted by Crippen LogP contribution is 2.35. The molecule has 0 aliphatic carbocycles. The Labute approximate surface area is 292 Å². The van der Waals surface area contributed by atoms with Crippen molar-refractivity contribution in [1.29, 1.82) is 0 Å². The van der Waals surface area contributed by atoms with E-state index in [4.69, 9.17) is 28.3 Å². The first-order valence-electron chi connectivity index (χ1n) is 16.4. The summed E-state index contributed by atoms with van der Waals surface area (Å²) >= 11 is 0. The fourth-order valence-electron chi connectivity index (χ4n) is 6.12. The average molecular weight is 682 g/mol. The molecule has 2 aliphatic rings. The molecule has 2 aliphatic heterocycles. The molecular weight excluding hydrogens is 642 g/mol. The van der Waals surface area contributed by atoms with Crippen molar-refractivity contribution in [3.8, 4) is 28.7 Å². The lowest BCUT2D eigenvalue weighted by Gasteiger charge is -2.15. The van der Waals surface area contributed by atoms with Gasteiger partial charge in [0.25, 0.3) is 0 Å². The minimum absolute atomic E-state index is 0.0471. The Hall–Kier alpha value is -4.81. The number of esters is 2. The van der Waals surface area contributed by atoms with Crippen LogP contribution in [0.2, 0.25) is 0 Å². The Morgan fingerprint density at radius 2 is 1.12 bits per heavy atom. The molecule has 2 heterocycles. The number of carbonyl (C=O) groups is 2. The third-order valence-corrected chi connectivity index (χ3v) is 8.14. The summed E-state index contributed by atoms with van der Waals surface area (Å²) in [5, 5.41) is 29.9. The van der Waals surface area contributed by atoms with Gasteiger partial charge in [0.05, 0.1) is 38.3 Å². The van der Waals surface area contributed by atoms with Crippen LogP contribution in [0.3, 0.4) is 0 Å². The van der Waals surface area contributed by atoms with Crippen LogP contribution >= 0.6 is 0 Å². The van der Waals surface area contributed by atoms with Crippen LogP contribution in [0, 0.1) is 20.8 Å². The maximum Gasteiger partial charge on any atom is 0.492 e. The van der Waals surface area contributed by atoms with E-state index in [0.29, 0.717) is 41.4 Å². The summed E-state index contributed by atoms with van der Waals surface area (Å²) in [6, 6.07) is 21.3. The zero-order valence-corrected chi connectivity index (χ0v) is 28.7.